The van der Waals surface area contributed by atoms with Crippen molar-refractivity contribution < 1.29 is 8.42 Å². The van der Waals surface area contributed by atoms with E-state index in [2.05, 4.69) is 135 Å². The minimum Gasteiger partial charge on any atom is -0.310 e. The summed E-state index contributed by atoms with van der Waals surface area (Å²) in [6.07, 6.45) is 1.77. The third-order valence-electron chi connectivity index (χ3n) is 9.67. The standard InChI is InChI=1S/C43H40N2O2S/c1-5-31-15-7-11-19-39(31)44(40-20-12-8-16-32(40)6-2)33-23-27-35(28-24-33)48(46,47)36-29-25-34(26-30-36)45-41-21-13-9-17-37(41)43(3,4)38-18-10-14-22-42(38)45/h7-30H,5-6H2,1-4H3. The smallest absolute Gasteiger partial charge is 0.206 e. The van der Waals surface area contributed by atoms with Crippen LogP contribution in [0.3, 0.4) is 0 Å². The summed E-state index contributed by atoms with van der Waals surface area (Å²) < 4.78 is 28.0. The average Bonchev–Trinajstić information content (AvgIpc) is 3.13. The Hall–Kier alpha value is -5.13. The maximum atomic E-state index is 14.0. The van der Waals surface area contributed by atoms with Gasteiger partial charge in [0.25, 0.3) is 0 Å². The monoisotopic (exact) mass is 648 g/mol. The number of sulfone groups is 1. The summed E-state index contributed by atoms with van der Waals surface area (Å²) >= 11 is 0. The lowest BCUT2D eigenvalue weighted by atomic mass is 9.73. The van der Waals surface area contributed by atoms with Gasteiger partial charge in [-0.2, -0.15) is 0 Å². The molecule has 4 nitrogen and oxygen atoms in total. The zero-order valence-corrected chi connectivity index (χ0v) is 28.7. The number of fused-ring (bicyclic) bond motifs is 2. The van der Waals surface area contributed by atoms with Crippen molar-refractivity contribution in [1.29, 1.82) is 0 Å². The van der Waals surface area contributed by atoms with Crippen molar-refractivity contribution in [3.8, 4) is 0 Å². The van der Waals surface area contributed by atoms with Crippen molar-refractivity contribution in [2.75, 3.05) is 9.80 Å². The topological polar surface area (TPSA) is 40.6 Å². The van der Waals surface area contributed by atoms with Gasteiger partial charge in [0.1, 0.15) is 0 Å². The number of nitrogens with zero attached hydrogens (tertiary/aromatic N) is 2. The largest absolute Gasteiger partial charge is 0.310 e. The summed E-state index contributed by atoms with van der Waals surface area (Å²) in [5.41, 5.74) is 11.0. The number of hydrogen-bond acceptors (Lipinski definition) is 4. The van der Waals surface area contributed by atoms with Crippen molar-refractivity contribution in [2.45, 2.75) is 55.7 Å². The fraction of sp³-hybridized carbons (Fsp3) is 0.163. The maximum Gasteiger partial charge on any atom is 0.206 e. The van der Waals surface area contributed by atoms with Gasteiger partial charge in [-0.15, -0.1) is 0 Å². The molecule has 1 heterocycles. The molecular weight excluding hydrogens is 609 g/mol. The van der Waals surface area contributed by atoms with Gasteiger partial charge in [-0.25, -0.2) is 8.42 Å². The van der Waals surface area contributed by atoms with Gasteiger partial charge in [0.15, 0.2) is 0 Å². The Morgan fingerprint density at radius 1 is 0.542 bits per heavy atom. The molecule has 0 atom stereocenters. The van der Waals surface area contributed by atoms with Crippen LogP contribution in [0.1, 0.15) is 49.9 Å². The molecule has 1 aliphatic rings. The van der Waals surface area contributed by atoms with Crippen LogP contribution in [0.2, 0.25) is 0 Å². The number of para-hydroxylation sites is 4. The quantitative estimate of drug-likeness (QED) is 0.165. The minimum absolute atomic E-state index is 0.161. The molecular formula is C43H40N2O2S. The Morgan fingerprint density at radius 3 is 1.44 bits per heavy atom. The molecule has 0 amide bonds. The molecule has 0 fully saturated rings. The SMILES string of the molecule is CCc1ccccc1N(c1ccc(S(=O)(=O)c2ccc(N3c4ccccc4C(C)(C)c4ccccc43)cc2)cc1)c1ccccc1CC. The van der Waals surface area contributed by atoms with Gasteiger partial charge in [0.2, 0.25) is 9.84 Å². The highest BCUT2D eigenvalue weighted by molar-refractivity contribution is 7.91. The van der Waals surface area contributed by atoms with E-state index in [-0.39, 0.29) is 15.2 Å². The zero-order valence-electron chi connectivity index (χ0n) is 27.9. The van der Waals surface area contributed by atoms with E-state index in [1.54, 1.807) is 24.3 Å². The average molecular weight is 649 g/mol. The van der Waals surface area contributed by atoms with E-state index >= 15 is 0 Å². The van der Waals surface area contributed by atoms with Gasteiger partial charge in [-0.3, -0.25) is 0 Å². The number of anilines is 6. The Morgan fingerprint density at radius 2 is 0.958 bits per heavy atom. The Bertz CT molecular complexity index is 2110. The Labute approximate surface area is 284 Å². The third-order valence-corrected chi connectivity index (χ3v) is 11.5. The molecule has 7 rings (SSSR count). The fourth-order valence-corrected chi connectivity index (χ4v) is 8.36. The maximum absolute atomic E-state index is 14.0. The summed E-state index contributed by atoms with van der Waals surface area (Å²) in [7, 11) is -3.76. The predicted octanol–water partition coefficient (Wildman–Crippen LogP) is 11.2. The minimum atomic E-state index is -3.76. The lowest BCUT2D eigenvalue weighted by molar-refractivity contribution is 0.596. The van der Waals surface area contributed by atoms with E-state index < -0.39 is 9.84 Å². The van der Waals surface area contributed by atoms with Crippen molar-refractivity contribution in [3.05, 3.63) is 168 Å². The summed E-state index contributed by atoms with van der Waals surface area (Å²) in [5, 5.41) is 0. The Kier molecular flexibility index (Phi) is 8.18. The summed E-state index contributed by atoms with van der Waals surface area (Å²) in [6, 6.07) is 48.3. The lowest BCUT2D eigenvalue weighted by Crippen LogP contribution is -2.30. The molecule has 5 heteroatoms. The van der Waals surface area contributed by atoms with Crippen LogP contribution in [-0.2, 0) is 28.1 Å². The molecule has 0 unspecified atom stereocenters. The summed E-state index contributed by atoms with van der Waals surface area (Å²) in [5.74, 6) is 0. The van der Waals surface area contributed by atoms with Gasteiger partial charge < -0.3 is 9.80 Å². The van der Waals surface area contributed by atoms with Gasteiger partial charge in [-0.1, -0.05) is 100 Å². The highest BCUT2D eigenvalue weighted by Gasteiger charge is 2.36. The first kappa shape index (κ1) is 31.5. The van der Waals surface area contributed by atoms with E-state index in [1.807, 2.05) is 24.3 Å². The van der Waals surface area contributed by atoms with Crippen LogP contribution in [0, 0.1) is 0 Å². The Balaban J connectivity index is 1.24. The molecule has 6 aromatic rings. The zero-order chi connectivity index (χ0) is 33.5. The summed E-state index contributed by atoms with van der Waals surface area (Å²) in [6.45, 7) is 8.83. The van der Waals surface area contributed by atoms with Gasteiger partial charge >= 0.3 is 0 Å². The van der Waals surface area contributed by atoms with Crippen molar-refractivity contribution in [2.24, 2.45) is 0 Å². The third kappa shape index (κ3) is 5.29. The van der Waals surface area contributed by atoms with Crippen LogP contribution in [0.25, 0.3) is 0 Å². The molecule has 0 aliphatic carbocycles. The van der Waals surface area contributed by atoms with E-state index in [9.17, 15) is 8.42 Å². The van der Waals surface area contributed by atoms with Crippen LogP contribution in [0.15, 0.2) is 155 Å². The molecule has 1 aliphatic heterocycles. The number of aryl methyl sites for hydroxylation is 2. The lowest BCUT2D eigenvalue weighted by Gasteiger charge is -2.42. The molecule has 48 heavy (non-hydrogen) atoms. The van der Waals surface area contributed by atoms with E-state index in [1.165, 1.54) is 22.3 Å². The highest BCUT2D eigenvalue weighted by Crippen LogP contribution is 2.51. The first-order chi connectivity index (χ1) is 23.3. The number of rotatable bonds is 8. The normalized spacial score (nSPS) is 13.5. The molecule has 0 aromatic heterocycles. The van der Waals surface area contributed by atoms with Gasteiger partial charge in [0, 0.05) is 28.2 Å². The fourth-order valence-electron chi connectivity index (χ4n) is 7.10. The number of benzene rings is 6. The number of hydrogen-bond donors (Lipinski definition) is 0. The first-order valence-electron chi connectivity index (χ1n) is 16.7. The summed E-state index contributed by atoms with van der Waals surface area (Å²) in [4.78, 5) is 5.01. The molecule has 0 N–H and O–H groups in total. The van der Waals surface area contributed by atoms with Crippen LogP contribution in [-0.4, -0.2) is 8.42 Å². The van der Waals surface area contributed by atoms with Crippen molar-refractivity contribution in [3.63, 3.8) is 0 Å². The second-order valence-corrected chi connectivity index (χ2v) is 14.7. The van der Waals surface area contributed by atoms with Crippen LogP contribution in [0.4, 0.5) is 34.1 Å². The molecule has 0 saturated carbocycles. The van der Waals surface area contributed by atoms with Crippen LogP contribution < -0.4 is 9.80 Å². The molecule has 0 radical (unpaired) electrons. The molecule has 0 saturated heterocycles. The van der Waals surface area contributed by atoms with E-state index in [0.717, 1.165) is 47.0 Å². The first-order valence-corrected chi connectivity index (χ1v) is 18.1. The predicted molar refractivity (Wildman–Crippen MR) is 199 cm³/mol. The molecule has 240 valence electrons. The van der Waals surface area contributed by atoms with Crippen molar-refractivity contribution in [1.82, 2.24) is 0 Å². The van der Waals surface area contributed by atoms with Crippen LogP contribution >= 0.6 is 0 Å². The second-order valence-electron chi connectivity index (χ2n) is 12.8. The van der Waals surface area contributed by atoms with Gasteiger partial charge in [0.05, 0.1) is 21.2 Å². The molecule has 0 bridgehead atoms. The highest BCUT2D eigenvalue weighted by atomic mass is 32.2. The van der Waals surface area contributed by atoms with E-state index in [0.29, 0.717) is 0 Å². The van der Waals surface area contributed by atoms with Gasteiger partial charge in [-0.05, 0) is 108 Å². The second kappa shape index (κ2) is 12.5. The van der Waals surface area contributed by atoms with Crippen molar-refractivity contribution >= 4 is 44.0 Å². The molecule has 6 aromatic carbocycles. The molecule has 0 spiro atoms. The van der Waals surface area contributed by atoms with E-state index in [4.69, 9.17) is 0 Å². The van der Waals surface area contributed by atoms with Crippen LogP contribution in [0.5, 0.6) is 0 Å².